The van der Waals surface area contributed by atoms with Crippen molar-refractivity contribution in [3.8, 4) is 11.3 Å². The Morgan fingerprint density at radius 2 is 1.84 bits per heavy atom. The number of nitrogens with zero attached hydrogens (tertiary/aromatic N) is 1. The summed E-state index contributed by atoms with van der Waals surface area (Å²) in [6.07, 6.45) is 2.31. The summed E-state index contributed by atoms with van der Waals surface area (Å²) in [5.74, 6) is -0.0942. The molecule has 1 saturated heterocycles. The van der Waals surface area contributed by atoms with Crippen molar-refractivity contribution in [3.63, 3.8) is 0 Å². The van der Waals surface area contributed by atoms with Gasteiger partial charge in [-0.2, -0.15) is 0 Å². The molecule has 1 aromatic heterocycles. The molecule has 0 unspecified atom stereocenters. The minimum Gasteiger partial charge on any atom is -0.457 e. The summed E-state index contributed by atoms with van der Waals surface area (Å²) in [5.41, 5.74) is 3.51. The number of hydrogen-bond acceptors (Lipinski definition) is 4. The Morgan fingerprint density at radius 1 is 1.10 bits per heavy atom. The fourth-order valence-corrected chi connectivity index (χ4v) is 3.80. The lowest BCUT2D eigenvalue weighted by atomic mass is 10.1. The highest BCUT2D eigenvalue weighted by Gasteiger charge is 2.34. The summed E-state index contributed by atoms with van der Waals surface area (Å²) < 4.78 is 5.88. The van der Waals surface area contributed by atoms with Crippen LogP contribution < -0.4 is 10.2 Å². The minimum absolute atomic E-state index is 0.0473. The summed E-state index contributed by atoms with van der Waals surface area (Å²) >= 11 is 11.4. The number of hydrogen-bond donors (Lipinski definition) is 1. The number of halogens is 1. The Bertz CT molecular complexity index is 1230. The van der Waals surface area contributed by atoms with Crippen LogP contribution in [-0.4, -0.2) is 16.9 Å². The van der Waals surface area contributed by atoms with Gasteiger partial charge >= 0.3 is 0 Å². The van der Waals surface area contributed by atoms with Crippen molar-refractivity contribution in [3.05, 3.63) is 82.1 Å². The van der Waals surface area contributed by atoms with Crippen molar-refractivity contribution in [1.29, 1.82) is 0 Å². The molecular weight excluding hydrogens is 432 g/mol. The predicted molar refractivity (Wildman–Crippen MR) is 126 cm³/mol. The first kappa shape index (κ1) is 21.0. The summed E-state index contributed by atoms with van der Waals surface area (Å²) in [6, 6.07) is 16.5. The van der Waals surface area contributed by atoms with Crippen LogP contribution in [0.3, 0.4) is 0 Å². The normalized spacial score (nSPS) is 15.5. The Hall–Kier alpha value is -3.22. The zero-order valence-corrected chi connectivity index (χ0v) is 18.5. The van der Waals surface area contributed by atoms with Gasteiger partial charge in [0.25, 0.3) is 11.8 Å². The van der Waals surface area contributed by atoms with E-state index in [1.165, 1.54) is 11.0 Å². The molecule has 7 heteroatoms. The molecule has 0 saturated carbocycles. The zero-order valence-electron chi connectivity index (χ0n) is 16.9. The summed E-state index contributed by atoms with van der Waals surface area (Å²) in [7, 11) is 0. The van der Waals surface area contributed by atoms with E-state index in [9.17, 15) is 9.59 Å². The third kappa shape index (κ3) is 4.17. The third-order valence-electron chi connectivity index (χ3n) is 5.08. The van der Waals surface area contributed by atoms with Gasteiger partial charge in [-0.05, 0) is 79.2 Å². The maximum Gasteiger partial charge on any atom is 0.270 e. The molecule has 0 radical (unpaired) electrons. The lowest BCUT2D eigenvalue weighted by molar-refractivity contribution is -0.122. The highest BCUT2D eigenvalue weighted by Crippen LogP contribution is 2.30. The number of thiocarbonyl (C=S) groups is 1. The van der Waals surface area contributed by atoms with Crippen LogP contribution in [0.4, 0.5) is 5.69 Å². The van der Waals surface area contributed by atoms with E-state index in [0.717, 1.165) is 23.1 Å². The van der Waals surface area contributed by atoms with Gasteiger partial charge in [0.15, 0.2) is 5.11 Å². The second kappa shape index (κ2) is 8.49. The first-order valence-electron chi connectivity index (χ1n) is 9.74. The van der Waals surface area contributed by atoms with Crippen LogP contribution in [0.1, 0.15) is 23.8 Å². The van der Waals surface area contributed by atoms with Gasteiger partial charge in [-0.25, -0.2) is 0 Å². The van der Waals surface area contributed by atoms with E-state index in [1.54, 1.807) is 12.1 Å². The van der Waals surface area contributed by atoms with E-state index >= 15 is 0 Å². The highest BCUT2D eigenvalue weighted by atomic mass is 35.5. The van der Waals surface area contributed by atoms with Crippen LogP contribution in [0.2, 0.25) is 5.02 Å². The van der Waals surface area contributed by atoms with E-state index in [1.807, 2.05) is 49.4 Å². The predicted octanol–water partition coefficient (Wildman–Crippen LogP) is 5.30. The number of anilines is 1. The van der Waals surface area contributed by atoms with Gasteiger partial charge in [0.2, 0.25) is 0 Å². The van der Waals surface area contributed by atoms with Gasteiger partial charge in [-0.15, -0.1) is 0 Å². The largest absolute Gasteiger partial charge is 0.457 e. The fourth-order valence-electron chi connectivity index (χ4n) is 3.35. The van der Waals surface area contributed by atoms with Gasteiger partial charge < -0.3 is 4.42 Å². The van der Waals surface area contributed by atoms with Gasteiger partial charge in [0, 0.05) is 10.6 Å². The number of amides is 2. The lowest BCUT2D eigenvalue weighted by Gasteiger charge is -2.28. The molecule has 0 bridgehead atoms. The van der Waals surface area contributed by atoms with Crippen LogP contribution in [0, 0.1) is 6.92 Å². The number of furan rings is 1. The van der Waals surface area contributed by atoms with Crippen molar-refractivity contribution in [1.82, 2.24) is 5.32 Å². The molecule has 1 aliphatic heterocycles. The van der Waals surface area contributed by atoms with Crippen LogP contribution in [0.25, 0.3) is 17.4 Å². The van der Waals surface area contributed by atoms with Gasteiger partial charge in [-0.3, -0.25) is 19.8 Å². The van der Waals surface area contributed by atoms with E-state index in [-0.39, 0.29) is 10.7 Å². The molecule has 156 valence electrons. The SMILES string of the molecule is CCc1ccc(N2C(=O)/C(=C/c3ccc(-c4cc(Cl)ccc4C)o3)C(=O)NC2=S)cc1. The second-order valence-electron chi connectivity index (χ2n) is 7.14. The number of benzene rings is 2. The molecule has 2 heterocycles. The van der Waals surface area contributed by atoms with Gasteiger partial charge in [0.05, 0.1) is 5.69 Å². The van der Waals surface area contributed by atoms with Crippen LogP contribution >= 0.6 is 23.8 Å². The van der Waals surface area contributed by atoms with E-state index < -0.39 is 11.8 Å². The fraction of sp³-hybridized carbons (Fsp3) is 0.125. The number of carbonyl (C=O) groups is 2. The van der Waals surface area contributed by atoms with Crippen molar-refractivity contribution in [2.45, 2.75) is 20.3 Å². The van der Waals surface area contributed by atoms with Gasteiger partial charge in [0.1, 0.15) is 17.1 Å². The van der Waals surface area contributed by atoms with Crippen molar-refractivity contribution in [2.24, 2.45) is 0 Å². The number of nitrogens with one attached hydrogen (secondary N) is 1. The average Bonchev–Trinajstić information content (AvgIpc) is 3.21. The molecule has 31 heavy (non-hydrogen) atoms. The molecule has 1 fully saturated rings. The number of rotatable bonds is 4. The molecule has 1 N–H and O–H groups in total. The van der Waals surface area contributed by atoms with E-state index in [0.29, 0.717) is 22.2 Å². The van der Waals surface area contributed by atoms with Crippen molar-refractivity contribution < 1.29 is 14.0 Å². The average molecular weight is 451 g/mol. The molecule has 5 nitrogen and oxygen atoms in total. The molecule has 1 aliphatic rings. The Morgan fingerprint density at radius 3 is 2.55 bits per heavy atom. The molecule has 0 spiro atoms. The monoisotopic (exact) mass is 450 g/mol. The quantitative estimate of drug-likeness (QED) is 0.333. The van der Waals surface area contributed by atoms with Crippen LogP contribution in [0.5, 0.6) is 0 Å². The first-order chi connectivity index (χ1) is 14.9. The standard InChI is InChI=1S/C24H19ClN2O3S/c1-3-15-5-8-17(9-6-15)27-23(29)20(22(28)26-24(27)31)13-18-10-11-21(30-18)19-12-16(25)7-4-14(19)2/h4-13H,3H2,1-2H3,(H,26,28,31)/b20-13+. The molecule has 2 amide bonds. The van der Waals surface area contributed by atoms with Crippen molar-refractivity contribution in [2.75, 3.05) is 4.90 Å². The second-order valence-corrected chi connectivity index (χ2v) is 7.96. The number of carbonyl (C=O) groups excluding carboxylic acids is 2. The molecular formula is C24H19ClN2O3S. The topological polar surface area (TPSA) is 62.6 Å². The number of aryl methyl sites for hydroxylation is 2. The summed E-state index contributed by atoms with van der Waals surface area (Å²) in [4.78, 5) is 26.9. The molecule has 0 aliphatic carbocycles. The van der Waals surface area contributed by atoms with Crippen LogP contribution in [0.15, 0.2) is 64.6 Å². The van der Waals surface area contributed by atoms with E-state index in [2.05, 4.69) is 12.2 Å². The van der Waals surface area contributed by atoms with Crippen LogP contribution in [-0.2, 0) is 16.0 Å². The molecule has 2 aromatic carbocycles. The molecule has 3 aromatic rings. The summed E-state index contributed by atoms with van der Waals surface area (Å²) in [5, 5.41) is 3.22. The molecule has 4 rings (SSSR count). The summed E-state index contributed by atoms with van der Waals surface area (Å²) in [6.45, 7) is 4.00. The first-order valence-corrected chi connectivity index (χ1v) is 10.5. The molecule has 0 atom stereocenters. The highest BCUT2D eigenvalue weighted by molar-refractivity contribution is 7.80. The van der Waals surface area contributed by atoms with Gasteiger partial charge in [-0.1, -0.05) is 36.7 Å². The minimum atomic E-state index is -0.562. The Labute approximate surface area is 190 Å². The maximum atomic E-state index is 13.1. The smallest absolute Gasteiger partial charge is 0.270 e. The third-order valence-corrected chi connectivity index (χ3v) is 5.60. The zero-order chi connectivity index (χ0) is 22.1. The van der Waals surface area contributed by atoms with E-state index in [4.69, 9.17) is 28.2 Å². The van der Waals surface area contributed by atoms with Crippen molar-refractivity contribution >= 4 is 52.5 Å². The maximum absolute atomic E-state index is 13.1. The Kier molecular flexibility index (Phi) is 5.76. The lowest BCUT2D eigenvalue weighted by Crippen LogP contribution is -2.54. The Balaban J connectivity index is 1.67.